The van der Waals surface area contributed by atoms with Crippen LogP contribution in [0.2, 0.25) is 0 Å². The molecule has 2 aliphatic heterocycles. The van der Waals surface area contributed by atoms with Crippen LogP contribution in [0, 0.1) is 0 Å². The van der Waals surface area contributed by atoms with Crippen molar-refractivity contribution in [3.05, 3.63) is 53.3 Å². The highest BCUT2D eigenvalue weighted by Crippen LogP contribution is 2.17. The van der Waals surface area contributed by atoms with Crippen molar-refractivity contribution in [3.63, 3.8) is 0 Å². The molecule has 1 fully saturated rings. The minimum absolute atomic E-state index is 0.0653. The van der Waals surface area contributed by atoms with Crippen molar-refractivity contribution >= 4 is 5.91 Å². The zero-order valence-electron chi connectivity index (χ0n) is 16.4. The molecule has 7 heteroatoms. The van der Waals surface area contributed by atoms with Crippen molar-refractivity contribution < 1.29 is 14.3 Å². The fraction of sp³-hybridized carbons (Fsp3) is 0.524. The predicted molar refractivity (Wildman–Crippen MR) is 105 cm³/mol. The quantitative estimate of drug-likeness (QED) is 0.786. The summed E-state index contributed by atoms with van der Waals surface area (Å²) in [5.74, 6) is -0.0654. The van der Waals surface area contributed by atoms with Crippen molar-refractivity contribution in [3.8, 4) is 0 Å². The van der Waals surface area contributed by atoms with Gasteiger partial charge in [-0.15, -0.1) is 0 Å². The van der Waals surface area contributed by atoms with Gasteiger partial charge in [-0.25, -0.2) is 0 Å². The molecule has 4 rings (SSSR count). The first kappa shape index (κ1) is 19.1. The molecule has 150 valence electrons. The molecule has 1 aromatic carbocycles. The third-order valence-electron chi connectivity index (χ3n) is 5.27. The van der Waals surface area contributed by atoms with E-state index in [1.54, 1.807) is 11.9 Å². The number of carbonyl (C=O) groups excluding carboxylic acids is 1. The fourth-order valence-corrected chi connectivity index (χ4v) is 3.84. The van der Waals surface area contributed by atoms with E-state index in [0.717, 1.165) is 38.3 Å². The summed E-state index contributed by atoms with van der Waals surface area (Å²) < 4.78 is 13.1. The van der Waals surface area contributed by atoms with Gasteiger partial charge in [-0.3, -0.25) is 14.4 Å². The maximum Gasteiger partial charge on any atom is 0.274 e. The van der Waals surface area contributed by atoms with Gasteiger partial charge in [-0.2, -0.15) is 5.10 Å². The minimum atomic E-state index is -0.0654. The van der Waals surface area contributed by atoms with Crippen LogP contribution < -0.4 is 0 Å². The first-order valence-corrected chi connectivity index (χ1v) is 9.97. The molecular formula is C21H28N4O3. The number of ether oxygens (including phenoxy) is 2. The Kier molecular flexibility index (Phi) is 6.04. The third-order valence-corrected chi connectivity index (χ3v) is 5.27. The molecule has 7 nitrogen and oxygen atoms in total. The van der Waals surface area contributed by atoms with Gasteiger partial charge in [0.1, 0.15) is 0 Å². The first-order valence-electron chi connectivity index (χ1n) is 9.97. The van der Waals surface area contributed by atoms with Gasteiger partial charge in [0.25, 0.3) is 5.91 Å². The van der Waals surface area contributed by atoms with Crippen LogP contribution >= 0.6 is 0 Å². The number of amides is 1. The number of fused-ring (bicyclic) bond motifs is 1. The lowest BCUT2D eigenvalue weighted by Gasteiger charge is -2.27. The molecule has 0 N–H and O–H groups in total. The molecule has 0 aliphatic carbocycles. The largest absolute Gasteiger partial charge is 0.376 e. The lowest BCUT2D eigenvalue weighted by atomic mass is 10.2. The van der Waals surface area contributed by atoms with E-state index in [1.807, 2.05) is 16.8 Å². The highest BCUT2D eigenvalue weighted by atomic mass is 16.6. The van der Waals surface area contributed by atoms with Crippen molar-refractivity contribution in [2.24, 2.45) is 0 Å². The second-order valence-electron chi connectivity index (χ2n) is 7.55. The van der Waals surface area contributed by atoms with E-state index in [4.69, 9.17) is 9.47 Å². The van der Waals surface area contributed by atoms with E-state index < -0.39 is 0 Å². The Morgan fingerprint density at radius 2 is 2.11 bits per heavy atom. The Bertz CT molecular complexity index is 786. The predicted octanol–water partition coefficient (Wildman–Crippen LogP) is 1.78. The topological polar surface area (TPSA) is 59.8 Å². The standard InChI is InChI=1S/C21H28N4O3/c1-23(15-19-16-27-10-11-28-19)21(26)20-12-18-14-24(8-5-9-25(18)22-20)13-17-6-3-2-4-7-17/h2-4,6-7,12,19H,5,8-11,13-16H2,1H3/t19-/m1/s1. The summed E-state index contributed by atoms with van der Waals surface area (Å²) in [6.45, 7) is 5.85. The Hall–Kier alpha value is -2.22. The maximum atomic E-state index is 12.8. The fourth-order valence-electron chi connectivity index (χ4n) is 3.84. The minimum Gasteiger partial charge on any atom is -0.376 e. The van der Waals surface area contributed by atoms with Crippen molar-refractivity contribution in [2.45, 2.75) is 32.2 Å². The Labute approximate surface area is 165 Å². The molecule has 1 saturated heterocycles. The van der Waals surface area contributed by atoms with Crippen LogP contribution in [0.25, 0.3) is 0 Å². The molecule has 1 amide bonds. The molecule has 2 aliphatic rings. The molecule has 1 atom stereocenters. The van der Waals surface area contributed by atoms with Gasteiger partial charge < -0.3 is 14.4 Å². The summed E-state index contributed by atoms with van der Waals surface area (Å²) in [5.41, 5.74) is 2.92. The summed E-state index contributed by atoms with van der Waals surface area (Å²) in [7, 11) is 1.80. The molecule has 0 bridgehead atoms. The molecule has 0 saturated carbocycles. The smallest absolute Gasteiger partial charge is 0.274 e. The van der Waals surface area contributed by atoms with Crippen LogP contribution in [0.1, 0.15) is 28.2 Å². The van der Waals surface area contributed by atoms with Crippen LogP contribution in [0.15, 0.2) is 36.4 Å². The van der Waals surface area contributed by atoms with Crippen molar-refractivity contribution in [2.75, 3.05) is 40.0 Å². The lowest BCUT2D eigenvalue weighted by molar-refractivity contribution is -0.0933. The van der Waals surface area contributed by atoms with E-state index in [0.29, 0.717) is 32.1 Å². The third kappa shape index (κ3) is 4.60. The number of carbonyl (C=O) groups is 1. The van der Waals surface area contributed by atoms with E-state index in [-0.39, 0.29) is 12.0 Å². The zero-order valence-corrected chi connectivity index (χ0v) is 16.4. The number of rotatable bonds is 5. The number of likely N-dealkylation sites (N-methyl/N-ethyl adjacent to an activating group) is 1. The number of hydrogen-bond donors (Lipinski definition) is 0. The average molecular weight is 384 g/mol. The van der Waals surface area contributed by atoms with Crippen molar-refractivity contribution in [1.82, 2.24) is 19.6 Å². The van der Waals surface area contributed by atoms with E-state index in [9.17, 15) is 4.79 Å². The Morgan fingerprint density at radius 1 is 1.25 bits per heavy atom. The number of aromatic nitrogens is 2. The summed E-state index contributed by atoms with van der Waals surface area (Å²) in [5, 5.41) is 4.59. The van der Waals surface area contributed by atoms with Crippen LogP contribution in [-0.4, -0.2) is 71.5 Å². The second-order valence-corrected chi connectivity index (χ2v) is 7.55. The van der Waals surface area contributed by atoms with Gasteiger partial charge in [0.05, 0.1) is 31.6 Å². The highest BCUT2D eigenvalue weighted by Gasteiger charge is 2.24. The van der Waals surface area contributed by atoms with Gasteiger partial charge in [0.2, 0.25) is 0 Å². The Balaban J connectivity index is 1.41. The lowest BCUT2D eigenvalue weighted by Crippen LogP contribution is -2.41. The van der Waals surface area contributed by atoms with Gasteiger partial charge >= 0.3 is 0 Å². The summed E-state index contributed by atoms with van der Waals surface area (Å²) in [4.78, 5) is 16.9. The van der Waals surface area contributed by atoms with E-state index in [2.05, 4.69) is 34.3 Å². The monoisotopic (exact) mass is 384 g/mol. The van der Waals surface area contributed by atoms with Gasteiger partial charge in [-0.05, 0) is 18.1 Å². The Morgan fingerprint density at radius 3 is 2.89 bits per heavy atom. The highest BCUT2D eigenvalue weighted by molar-refractivity contribution is 5.92. The number of benzene rings is 1. The molecule has 28 heavy (non-hydrogen) atoms. The summed E-state index contributed by atoms with van der Waals surface area (Å²) >= 11 is 0. The van der Waals surface area contributed by atoms with Crippen LogP contribution in [-0.2, 0) is 29.1 Å². The van der Waals surface area contributed by atoms with Crippen molar-refractivity contribution in [1.29, 1.82) is 0 Å². The average Bonchev–Trinajstić information content (AvgIpc) is 3.02. The number of nitrogens with zero attached hydrogens (tertiary/aromatic N) is 4. The SMILES string of the molecule is CN(C[C@@H]1COCCO1)C(=O)c1cc2n(n1)CCCN(Cc1ccccc1)C2. The van der Waals surface area contributed by atoms with Crippen LogP contribution in [0.3, 0.4) is 0 Å². The van der Waals surface area contributed by atoms with Crippen LogP contribution in [0.5, 0.6) is 0 Å². The van der Waals surface area contributed by atoms with Gasteiger partial charge in [-0.1, -0.05) is 30.3 Å². The van der Waals surface area contributed by atoms with Crippen LogP contribution in [0.4, 0.5) is 0 Å². The molecule has 1 aromatic heterocycles. The molecule has 2 aromatic rings. The molecule has 0 radical (unpaired) electrons. The maximum absolute atomic E-state index is 12.8. The number of aryl methyl sites for hydroxylation is 1. The zero-order chi connectivity index (χ0) is 19.3. The second kappa shape index (κ2) is 8.86. The normalized spacial score (nSPS) is 20.4. The van der Waals surface area contributed by atoms with E-state index in [1.165, 1.54) is 5.56 Å². The summed E-state index contributed by atoms with van der Waals surface area (Å²) in [6, 6.07) is 12.4. The molecular weight excluding hydrogens is 356 g/mol. The molecule has 0 unspecified atom stereocenters. The summed E-state index contributed by atoms with van der Waals surface area (Å²) in [6.07, 6.45) is 0.961. The first-order chi connectivity index (χ1) is 13.7. The van der Waals surface area contributed by atoms with Gasteiger partial charge in [0.15, 0.2) is 5.69 Å². The van der Waals surface area contributed by atoms with E-state index >= 15 is 0 Å². The van der Waals surface area contributed by atoms with Gasteiger partial charge in [0, 0.05) is 39.8 Å². The molecule has 3 heterocycles. The number of hydrogen-bond acceptors (Lipinski definition) is 5. The molecule has 0 spiro atoms.